The van der Waals surface area contributed by atoms with Crippen molar-refractivity contribution < 1.29 is 9.47 Å². The minimum absolute atomic E-state index is 0.00307. The Morgan fingerprint density at radius 1 is 1.35 bits per heavy atom. The Kier molecular flexibility index (Phi) is 3.53. The lowest BCUT2D eigenvalue weighted by atomic mass is 9.94. The van der Waals surface area contributed by atoms with Crippen LogP contribution in [0.15, 0.2) is 30.6 Å². The van der Waals surface area contributed by atoms with E-state index in [1.54, 1.807) is 7.11 Å². The third kappa shape index (κ3) is 2.30. The van der Waals surface area contributed by atoms with Gasteiger partial charge < -0.3 is 15.2 Å². The van der Waals surface area contributed by atoms with Crippen LogP contribution < -0.4 is 10.5 Å². The number of hydrogen-bond acceptors (Lipinski definition) is 4. The monoisotopic (exact) mass is 313 g/mol. The van der Waals surface area contributed by atoms with Crippen LogP contribution in [0.1, 0.15) is 38.1 Å². The van der Waals surface area contributed by atoms with E-state index in [0.29, 0.717) is 17.5 Å². The Bertz CT molecular complexity index is 699. The first kappa shape index (κ1) is 14.6. The number of nitrogens with zero attached hydrogens (tertiary/aromatic N) is 2. The van der Waals surface area contributed by atoms with Crippen molar-refractivity contribution in [3.8, 4) is 16.9 Å². The number of hydrogen-bond donors (Lipinski definition) is 1. The first-order chi connectivity index (χ1) is 11.2. The zero-order valence-corrected chi connectivity index (χ0v) is 13.5. The summed E-state index contributed by atoms with van der Waals surface area (Å²) in [5, 5.41) is 4.64. The predicted molar refractivity (Wildman–Crippen MR) is 89.4 cm³/mol. The molecule has 2 fully saturated rings. The van der Waals surface area contributed by atoms with Gasteiger partial charge in [0.1, 0.15) is 5.75 Å². The molecule has 5 heteroatoms. The molecule has 0 bridgehead atoms. The summed E-state index contributed by atoms with van der Waals surface area (Å²) in [5.74, 6) is 0.713. The third-order valence-electron chi connectivity index (χ3n) is 5.30. The minimum Gasteiger partial charge on any atom is -0.494 e. The standard InChI is InChI=1S/C18H23N3O2/c1-22-17-14(5-2-6-15(17)19)13-11-20-21(12-13)16-7-3-8-18(16)9-4-10-23-18/h2,5-6,11-12,16H,3-4,7-10,19H2,1H3/t16?,18-/m1/s1. The van der Waals surface area contributed by atoms with Gasteiger partial charge >= 0.3 is 0 Å². The zero-order chi connectivity index (χ0) is 15.9. The van der Waals surface area contributed by atoms with Crippen molar-refractivity contribution in [2.24, 2.45) is 0 Å². The summed E-state index contributed by atoms with van der Waals surface area (Å²) in [4.78, 5) is 0. The molecule has 4 rings (SSSR count). The average Bonchev–Trinajstić information content (AvgIpc) is 3.29. The van der Waals surface area contributed by atoms with Crippen molar-refractivity contribution in [3.63, 3.8) is 0 Å². The summed E-state index contributed by atoms with van der Waals surface area (Å²) in [7, 11) is 1.65. The minimum atomic E-state index is 0.00307. The summed E-state index contributed by atoms with van der Waals surface area (Å²) in [6.45, 7) is 0.883. The zero-order valence-electron chi connectivity index (χ0n) is 13.5. The Hall–Kier alpha value is -2.01. The number of para-hydroxylation sites is 1. The Balaban J connectivity index is 1.69. The van der Waals surface area contributed by atoms with Crippen molar-refractivity contribution in [1.82, 2.24) is 9.78 Å². The number of anilines is 1. The normalized spacial score (nSPS) is 26.9. The number of nitrogen functional groups attached to an aromatic ring is 1. The highest BCUT2D eigenvalue weighted by molar-refractivity contribution is 5.76. The molecule has 122 valence electrons. The predicted octanol–water partition coefficient (Wildman–Crippen LogP) is 3.42. The highest BCUT2D eigenvalue weighted by Crippen LogP contribution is 2.48. The molecule has 0 radical (unpaired) electrons. The fraction of sp³-hybridized carbons (Fsp3) is 0.500. The van der Waals surface area contributed by atoms with Crippen LogP contribution in [0.2, 0.25) is 0 Å². The molecule has 1 saturated heterocycles. The molecule has 1 aromatic heterocycles. The largest absolute Gasteiger partial charge is 0.494 e. The van der Waals surface area contributed by atoms with Gasteiger partial charge in [-0.05, 0) is 38.2 Å². The summed E-state index contributed by atoms with van der Waals surface area (Å²) in [6.07, 6.45) is 9.81. The number of aromatic nitrogens is 2. The Morgan fingerprint density at radius 2 is 2.22 bits per heavy atom. The lowest BCUT2D eigenvalue weighted by molar-refractivity contribution is -0.0247. The smallest absolute Gasteiger partial charge is 0.149 e. The number of nitrogens with two attached hydrogens (primary N) is 1. The second-order valence-electron chi connectivity index (χ2n) is 6.56. The summed E-state index contributed by atoms with van der Waals surface area (Å²) in [6, 6.07) is 6.16. The van der Waals surface area contributed by atoms with Crippen molar-refractivity contribution in [2.75, 3.05) is 19.5 Å². The highest BCUT2D eigenvalue weighted by atomic mass is 16.5. The van der Waals surface area contributed by atoms with E-state index in [9.17, 15) is 0 Å². The van der Waals surface area contributed by atoms with Gasteiger partial charge in [-0.25, -0.2) is 0 Å². The highest BCUT2D eigenvalue weighted by Gasteiger charge is 2.47. The number of methoxy groups -OCH3 is 1. The quantitative estimate of drug-likeness (QED) is 0.882. The van der Waals surface area contributed by atoms with Gasteiger partial charge in [0.15, 0.2) is 0 Å². The van der Waals surface area contributed by atoms with E-state index in [-0.39, 0.29) is 5.60 Å². The van der Waals surface area contributed by atoms with Crippen LogP contribution in [0.4, 0.5) is 5.69 Å². The molecule has 1 saturated carbocycles. The van der Waals surface area contributed by atoms with Crippen LogP contribution in [0, 0.1) is 0 Å². The summed E-state index contributed by atoms with van der Waals surface area (Å²) in [5.41, 5.74) is 8.69. The molecule has 1 spiro atoms. The topological polar surface area (TPSA) is 62.3 Å². The summed E-state index contributed by atoms with van der Waals surface area (Å²) >= 11 is 0. The van der Waals surface area contributed by atoms with E-state index in [4.69, 9.17) is 15.2 Å². The van der Waals surface area contributed by atoms with Crippen molar-refractivity contribution in [3.05, 3.63) is 30.6 Å². The molecule has 1 aromatic carbocycles. The molecular weight excluding hydrogens is 290 g/mol. The van der Waals surface area contributed by atoms with Gasteiger partial charge in [0.2, 0.25) is 0 Å². The van der Waals surface area contributed by atoms with E-state index < -0.39 is 0 Å². The van der Waals surface area contributed by atoms with Gasteiger partial charge in [-0.2, -0.15) is 5.10 Å². The second-order valence-corrected chi connectivity index (χ2v) is 6.56. The summed E-state index contributed by atoms with van der Waals surface area (Å²) < 4.78 is 13.7. The second kappa shape index (κ2) is 5.57. The molecule has 1 aliphatic heterocycles. The molecule has 5 nitrogen and oxygen atoms in total. The van der Waals surface area contributed by atoms with Crippen LogP contribution in [-0.4, -0.2) is 29.1 Å². The molecule has 23 heavy (non-hydrogen) atoms. The van der Waals surface area contributed by atoms with Gasteiger partial charge in [-0.1, -0.05) is 12.1 Å². The average molecular weight is 313 g/mol. The molecule has 1 aliphatic carbocycles. The van der Waals surface area contributed by atoms with E-state index in [1.807, 2.05) is 24.4 Å². The van der Waals surface area contributed by atoms with Gasteiger partial charge in [0.25, 0.3) is 0 Å². The first-order valence-corrected chi connectivity index (χ1v) is 8.34. The van der Waals surface area contributed by atoms with E-state index in [2.05, 4.69) is 16.0 Å². The van der Waals surface area contributed by atoms with Crippen LogP contribution in [0.3, 0.4) is 0 Å². The Morgan fingerprint density at radius 3 is 3.00 bits per heavy atom. The molecular formula is C18H23N3O2. The third-order valence-corrected chi connectivity index (χ3v) is 5.30. The molecule has 2 aromatic rings. The van der Waals surface area contributed by atoms with Crippen molar-refractivity contribution in [2.45, 2.75) is 43.7 Å². The first-order valence-electron chi connectivity index (χ1n) is 8.34. The maximum absolute atomic E-state index is 6.14. The molecule has 2 N–H and O–H groups in total. The molecule has 1 unspecified atom stereocenters. The fourth-order valence-electron chi connectivity index (χ4n) is 4.23. The number of rotatable bonds is 3. The van der Waals surface area contributed by atoms with Gasteiger partial charge in [-0.3, -0.25) is 4.68 Å². The van der Waals surface area contributed by atoms with Crippen LogP contribution in [0.25, 0.3) is 11.1 Å². The molecule has 2 atom stereocenters. The van der Waals surface area contributed by atoms with Gasteiger partial charge in [-0.15, -0.1) is 0 Å². The van der Waals surface area contributed by atoms with Gasteiger partial charge in [0.05, 0.1) is 30.6 Å². The number of benzene rings is 1. The van der Waals surface area contributed by atoms with E-state index in [0.717, 1.165) is 43.4 Å². The van der Waals surface area contributed by atoms with Crippen molar-refractivity contribution >= 4 is 5.69 Å². The molecule has 0 amide bonds. The van der Waals surface area contributed by atoms with E-state index >= 15 is 0 Å². The molecule has 2 aliphatic rings. The van der Waals surface area contributed by atoms with Crippen LogP contribution in [0.5, 0.6) is 5.75 Å². The molecule has 2 heterocycles. The maximum Gasteiger partial charge on any atom is 0.149 e. The lowest BCUT2D eigenvalue weighted by Crippen LogP contribution is -2.34. The van der Waals surface area contributed by atoms with Gasteiger partial charge in [0, 0.05) is 23.9 Å². The SMILES string of the molecule is COc1c(N)cccc1-c1cnn(C2CCC[C@@]23CCCO3)c1. The van der Waals surface area contributed by atoms with Crippen LogP contribution >= 0.6 is 0 Å². The van der Waals surface area contributed by atoms with Crippen molar-refractivity contribution in [1.29, 1.82) is 0 Å². The van der Waals surface area contributed by atoms with Crippen LogP contribution in [-0.2, 0) is 4.74 Å². The lowest BCUT2D eigenvalue weighted by Gasteiger charge is -2.30. The fourth-order valence-corrected chi connectivity index (χ4v) is 4.23. The van der Waals surface area contributed by atoms with E-state index in [1.165, 1.54) is 6.42 Å². The maximum atomic E-state index is 6.14. The Labute approximate surface area is 136 Å². The number of ether oxygens (including phenoxy) is 2.